The third-order valence-corrected chi connectivity index (χ3v) is 4.27. The van der Waals surface area contributed by atoms with Crippen molar-refractivity contribution in [2.24, 2.45) is 0 Å². The molecule has 0 spiro atoms. The number of fused-ring (bicyclic) bond motifs is 1. The second-order valence-corrected chi connectivity index (χ2v) is 6.21. The molecule has 0 unspecified atom stereocenters. The van der Waals surface area contributed by atoms with Crippen molar-refractivity contribution in [2.45, 2.75) is 19.4 Å². The van der Waals surface area contributed by atoms with Crippen molar-refractivity contribution in [2.75, 3.05) is 11.9 Å². The van der Waals surface area contributed by atoms with E-state index in [0.29, 0.717) is 5.56 Å². The van der Waals surface area contributed by atoms with Gasteiger partial charge in [0, 0.05) is 22.3 Å². The molecule has 2 N–H and O–H groups in total. The number of hydrogen-bond donors (Lipinski definition) is 2. The molecule has 0 bridgehead atoms. The second-order valence-electron chi connectivity index (χ2n) is 5.30. The Kier molecular flexibility index (Phi) is 3.97. The molecule has 0 saturated heterocycles. The molecule has 0 saturated carbocycles. The molecular formula is C17H17BrN2O. The Morgan fingerprint density at radius 3 is 2.95 bits per heavy atom. The fourth-order valence-electron chi connectivity index (χ4n) is 2.57. The topological polar surface area (TPSA) is 41.1 Å². The van der Waals surface area contributed by atoms with E-state index in [1.165, 1.54) is 5.56 Å². The van der Waals surface area contributed by atoms with Gasteiger partial charge in [-0.25, -0.2) is 0 Å². The molecule has 0 radical (unpaired) electrons. The molecular weight excluding hydrogens is 328 g/mol. The number of anilines is 1. The van der Waals surface area contributed by atoms with Gasteiger partial charge in [0.1, 0.15) is 0 Å². The van der Waals surface area contributed by atoms with Gasteiger partial charge in [-0.3, -0.25) is 4.79 Å². The fraction of sp³-hybridized carbons (Fsp3) is 0.235. The number of amides is 1. The van der Waals surface area contributed by atoms with E-state index in [2.05, 4.69) is 26.6 Å². The maximum Gasteiger partial charge on any atom is 0.251 e. The van der Waals surface area contributed by atoms with Crippen molar-refractivity contribution in [1.29, 1.82) is 0 Å². The average molecular weight is 345 g/mol. The van der Waals surface area contributed by atoms with E-state index in [9.17, 15) is 4.79 Å². The predicted octanol–water partition coefficient (Wildman–Crippen LogP) is 3.91. The molecule has 1 heterocycles. The number of carbonyl (C=O) groups is 1. The molecule has 1 amide bonds. The zero-order valence-corrected chi connectivity index (χ0v) is 13.4. The smallest absolute Gasteiger partial charge is 0.251 e. The minimum absolute atomic E-state index is 0.0313. The first-order valence-electron chi connectivity index (χ1n) is 7.06. The van der Waals surface area contributed by atoms with Crippen LogP contribution in [0.15, 0.2) is 46.9 Å². The number of carbonyl (C=O) groups excluding carboxylic acids is 1. The van der Waals surface area contributed by atoms with Crippen LogP contribution >= 0.6 is 15.9 Å². The van der Waals surface area contributed by atoms with E-state index in [1.807, 2.05) is 49.4 Å². The molecule has 21 heavy (non-hydrogen) atoms. The van der Waals surface area contributed by atoms with Crippen LogP contribution in [-0.4, -0.2) is 12.5 Å². The van der Waals surface area contributed by atoms with Crippen LogP contribution in [0.3, 0.4) is 0 Å². The summed E-state index contributed by atoms with van der Waals surface area (Å²) >= 11 is 3.45. The molecule has 0 fully saturated rings. The summed E-state index contributed by atoms with van der Waals surface area (Å²) in [5, 5.41) is 6.34. The van der Waals surface area contributed by atoms with Crippen molar-refractivity contribution in [1.82, 2.24) is 5.32 Å². The van der Waals surface area contributed by atoms with E-state index in [4.69, 9.17) is 0 Å². The summed E-state index contributed by atoms with van der Waals surface area (Å²) in [4.78, 5) is 12.4. The standard InChI is InChI=1S/C17H17BrN2O/c1-11(13-3-2-4-15(18)9-13)20-17(21)14-6-5-12-7-8-19-16(12)10-14/h2-6,9-11,19H,7-8H2,1H3,(H,20,21)/t11-/m1/s1. The summed E-state index contributed by atoms with van der Waals surface area (Å²) in [6.45, 7) is 2.94. The first kappa shape index (κ1) is 14.1. The summed E-state index contributed by atoms with van der Waals surface area (Å²) in [6.07, 6.45) is 1.03. The molecule has 108 valence electrons. The lowest BCUT2D eigenvalue weighted by Crippen LogP contribution is -2.26. The Hall–Kier alpha value is -1.81. The van der Waals surface area contributed by atoms with Crippen molar-refractivity contribution in [3.05, 3.63) is 63.6 Å². The van der Waals surface area contributed by atoms with Crippen molar-refractivity contribution < 1.29 is 4.79 Å². The summed E-state index contributed by atoms with van der Waals surface area (Å²) in [5.74, 6) is -0.0426. The summed E-state index contributed by atoms with van der Waals surface area (Å²) < 4.78 is 1.02. The van der Waals surface area contributed by atoms with Gasteiger partial charge in [-0.2, -0.15) is 0 Å². The van der Waals surface area contributed by atoms with Gasteiger partial charge in [0.05, 0.1) is 6.04 Å². The molecule has 2 aromatic rings. The molecule has 1 aliphatic rings. The fourth-order valence-corrected chi connectivity index (χ4v) is 2.99. The summed E-state index contributed by atoms with van der Waals surface area (Å²) in [6, 6.07) is 13.8. The Bertz CT molecular complexity index is 684. The Labute approximate surface area is 132 Å². The largest absolute Gasteiger partial charge is 0.384 e. The predicted molar refractivity (Wildman–Crippen MR) is 88.7 cm³/mol. The molecule has 4 heteroatoms. The number of nitrogens with one attached hydrogen (secondary N) is 2. The van der Waals surface area contributed by atoms with Crippen LogP contribution in [0.5, 0.6) is 0 Å². The van der Waals surface area contributed by atoms with Gasteiger partial charge in [-0.05, 0) is 48.7 Å². The lowest BCUT2D eigenvalue weighted by atomic mass is 10.1. The third kappa shape index (κ3) is 3.10. The average Bonchev–Trinajstić information content (AvgIpc) is 2.94. The molecule has 0 aromatic heterocycles. The van der Waals surface area contributed by atoms with Gasteiger partial charge in [0.25, 0.3) is 5.91 Å². The zero-order valence-electron chi connectivity index (χ0n) is 11.8. The highest BCUT2D eigenvalue weighted by Crippen LogP contribution is 2.24. The van der Waals surface area contributed by atoms with Gasteiger partial charge >= 0.3 is 0 Å². The van der Waals surface area contributed by atoms with Gasteiger partial charge in [0.15, 0.2) is 0 Å². The maximum absolute atomic E-state index is 12.4. The molecule has 1 atom stereocenters. The summed E-state index contributed by atoms with van der Waals surface area (Å²) in [7, 11) is 0. The first-order chi connectivity index (χ1) is 10.1. The van der Waals surface area contributed by atoms with Crippen LogP contribution in [0.4, 0.5) is 5.69 Å². The Morgan fingerprint density at radius 2 is 2.14 bits per heavy atom. The number of hydrogen-bond acceptors (Lipinski definition) is 2. The van der Waals surface area contributed by atoms with Crippen LogP contribution in [0, 0.1) is 0 Å². The summed E-state index contributed by atoms with van der Waals surface area (Å²) in [5.41, 5.74) is 4.14. The van der Waals surface area contributed by atoms with E-state index in [-0.39, 0.29) is 11.9 Å². The van der Waals surface area contributed by atoms with Gasteiger partial charge in [0.2, 0.25) is 0 Å². The minimum atomic E-state index is -0.0426. The van der Waals surface area contributed by atoms with Crippen LogP contribution in [0.1, 0.15) is 34.5 Å². The lowest BCUT2D eigenvalue weighted by molar-refractivity contribution is 0.0940. The Morgan fingerprint density at radius 1 is 1.29 bits per heavy atom. The van der Waals surface area contributed by atoms with E-state index in [0.717, 1.165) is 28.7 Å². The van der Waals surface area contributed by atoms with Gasteiger partial charge in [-0.15, -0.1) is 0 Å². The van der Waals surface area contributed by atoms with Crippen molar-refractivity contribution in [3.63, 3.8) is 0 Å². The lowest BCUT2D eigenvalue weighted by Gasteiger charge is -2.15. The van der Waals surface area contributed by atoms with Crippen LogP contribution < -0.4 is 10.6 Å². The molecule has 2 aromatic carbocycles. The van der Waals surface area contributed by atoms with Crippen molar-refractivity contribution in [3.8, 4) is 0 Å². The van der Waals surface area contributed by atoms with Gasteiger partial charge in [-0.1, -0.05) is 34.1 Å². The highest BCUT2D eigenvalue weighted by molar-refractivity contribution is 9.10. The quantitative estimate of drug-likeness (QED) is 0.886. The van der Waals surface area contributed by atoms with Crippen LogP contribution in [-0.2, 0) is 6.42 Å². The SMILES string of the molecule is C[C@@H](NC(=O)c1ccc2c(c1)NCC2)c1cccc(Br)c1. The van der Waals surface area contributed by atoms with Crippen LogP contribution in [0.2, 0.25) is 0 Å². The monoisotopic (exact) mass is 344 g/mol. The van der Waals surface area contributed by atoms with Crippen LogP contribution in [0.25, 0.3) is 0 Å². The molecule has 3 nitrogen and oxygen atoms in total. The second kappa shape index (κ2) is 5.90. The van der Waals surface area contributed by atoms with Gasteiger partial charge < -0.3 is 10.6 Å². The Balaban J connectivity index is 1.74. The maximum atomic E-state index is 12.4. The number of rotatable bonds is 3. The molecule has 3 rings (SSSR count). The highest BCUT2D eigenvalue weighted by Gasteiger charge is 2.15. The molecule has 1 aliphatic heterocycles. The van der Waals surface area contributed by atoms with E-state index >= 15 is 0 Å². The number of benzene rings is 2. The minimum Gasteiger partial charge on any atom is -0.384 e. The highest BCUT2D eigenvalue weighted by atomic mass is 79.9. The zero-order chi connectivity index (χ0) is 14.8. The first-order valence-corrected chi connectivity index (χ1v) is 7.86. The van der Waals surface area contributed by atoms with E-state index in [1.54, 1.807) is 0 Å². The molecule has 0 aliphatic carbocycles. The normalized spacial score (nSPS) is 14.2. The number of halogens is 1. The third-order valence-electron chi connectivity index (χ3n) is 3.78. The van der Waals surface area contributed by atoms with Crippen molar-refractivity contribution >= 4 is 27.5 Å². The van der Waals surface area contributed by atoms with E-state index < -0.39 is 0 Å².